The third kappa shape index (κ3) is 4.58. The Kier molecular flexibility index (Phi) is 5.92. The van der Waals surface area contributed by atoms with Crippen molar-refractivity contribution in [2.45, 2.75) is 33.1 Å². The average Bonchev–Trinajstić information content (AvgIpc) is 2.42. The molecule has 0 N–H and O–H groups in total. The molecule has 0 aliphatic heterocycles. The van der Waals surface area contributed by atoms with Gasteiger partial charge in [-0.05, 0) is 30.9 Å². The molecule has 0 aliphatic carbocycles. The molecule has 0 fully saturated rings. The number of ether oxygens (including phenoxy) is 1. The molecule has 18 heavy (non-hydrogen) atoms. The number of carbonyl (C=O) groups excluding carboxylic acids is 1. The van der Waals surface area contributed by atoms with Gasteiger partial charge < -0.3 is 4.74 Å². The van der Waals surface area contributed by atoms with Gasteiger partial charge in [0.15, 0.2) is 0 Å². The Morgan fingerprint density at radius 1 is 1.33 bits per heavy atom. The Morgan fingerprint density at radius 3 is 2.61 bits per heavy atom. The van der Waals surface area contributed by atoms with Crippen molar-refractivity contribution in [1.82, 2.24) is 0 Å². The molecule has 0 aromatic heterocycles. The normalized spacial score (nSPS) is 11.1. The second-order valence-electron chi connectivity index (χ2n) is 4.28. The van der Waals surface area contributed by atoms with Gasteiger partial charge >= 0.3 is 5.97 Å². The summed E-state index contributed by atoms with van der Waals surface area (Å²) in [6, 6.07) is 9.82. The third-order valence-electron chi connectivity index (χ3n) is 2.69. The first-order valence-corrected chi connectivity index (χ1v) is 6.26. The second-order valence-corrected chi connectivity index (χ2v) is 4.28. The van der Waals surface area contributed by atoms with Crippen LogP contribution >= 0.6 is 0 Å². The van der Waals surface area contributed by atoms with Crippen LogP contribution in [0.2, 0.25) is 0 Å². The first-order valence-electron chi connectivity index (χ1n) is 6.26. The number of allylic oxidation sites excluding steroid dienone is 1. The quantitative estimate of drug-likeness (QED) is 0.423. The van der Waals surface area contributed by atoms with Crippen molar-refractivity contribution >= 4 is 11.5 Å². The fraction of sp³-hybridized carbons (Fsp3) is 0.312. The molecule has 1 aromatic rings. The topological polar surface area (TPSA) is 26.3 Å². The van der Waals surface area contributed by atoms with Gasteiger partial charge in [0.2, 0.25) is 0 Å². The highest BCUT2D eigenvalue weighted by Crippen LogP contribution is 2.14. The summed E-state index contributed by atoms with van der Waals surface area (Å²) in [4.78, 5) is 11.6. The first kappa shape index (κ1) is 14.2. The Balaban J connectivity index is 2.53. The van der Waals surface area contributed by atoms with E-state index in [-0.39, 0.29) is 5.97 Å². The lowest BCUT2D eigenvalue weighted by Gasteiger charge is -2.04. The molecule has 0 saturated carbocycles. The number of hydrogen-bond donors (Lipinski definition) is 0. The average molecular weight is 244 g/mol. The van der Waals surface area contributed by atoms with Crippen molar-refractivity contribution in [1.29, 1.82) is 0 Å². The fourth-order valence-electron chi connectivity index (χ4n) is 1.49. The molecule has 0 heterocycles. The highest BCUT2D eigenvalue weighted by atomic mass is 16.5. The minimum absolute atomic E-state index is 0.335. The predicted octanol–water partition coefficient (Wildman–Crippen LogP) is 4.34. The molecular weight excluding hydrogens is 224 g/mol. The third-order valence-corrected chi connectivity index (χ3v) is 2.69. The summed E-state index contributed by atoms with van der Waals surface area (Å²) in [6.07, 6.45) is 4.21. The number of hydrogen-bond acceptors (Lipinski definition) is 2. The van der Waals surface area contributed by atoms with Gasteiger partial charge in [-0.1, -0.05) is 50.3 Å². The van der Waals surface area contributed by atoms with Crippen LogP contribution in [0.4, 0.5) is 0 Å². The van der Waals surface area contributed by atoms with E-state index in [1.54, 1.807) is 0 Å². The van der Waals surface area contributed by atoms with Crippen LogP contribution in [0.3, 0.4) is 0 Å². The molecule has 0 spiro atoms. The SMILES string of the molecule is C=C(CCCC)C(=O)OC=C(C)c1ccccc1. The van der Waals surface area contributed by atoms with E-state index < -0.39 is 0 Å². The second kappa shape index (κ2) is 7.49. The van der Waals surface area contributed by atoms with E-state index in [0.29, 0.717) is 12.0 Å². The van der Waals surface area contributed by atoms with Gasteiger partial charge in [-0.15, -0.1) is 0 Å². The number of carbonyl (C=O) groups is 1. The van der Waals surface area contributed by atoms with Crippen LogP contribution in [0.15, 0.2) is 48.7 Å². The largest absolute Gasteiger partial charge is 0.431 e. The van der Waals surface area contributed by atoms with Crippen LogP contribution in [0, 0.1) is 0 Å². The Bertz CT molecular complexity index is 430. The standard InChI is InChI=1S/C16H20O2/c1-4-5-9-13(2)16(17)18-12-14(3)15-10-7-6-8-11-15/h6-8,10-12H,2,4-5,9H2,1,3H3. The van der Waals surface area contributed by atoms with Gasteiger partial charge in [0.25, 0.3) is 0 Å². The van der Waals surface area contributed by atoms with Gasteiger partial charge in [0.1, 0.15) is 0 Å². The van der Waals surface area contributed by atoms with Crippen LogP contribution in [0.1, 0.15) is 38.7 Å². The molecule has 0 radical (unpaired) electrons. The maximum Gasteiger partial charge on any atom is 0.338 e. The van der Waals surface area contributed by atoms with Crippen LogP contribution in [0.5, 0.6) is 0 Å². The maximum absolute atomic E-state index is 11.6. The lowest BCUT2D eigenvalue weighted by Crippen LogP contribution is -2.03. The molecule has 2 heteroatoms. The monoisotopic (exact) mass is 244 g/mol. The van der Waals surface area contributed by atoms with E-state index in [0.717, 1.165) is 24.0 Å². The van der Waals surface area contributed by atoms with Crippen molar-refractivity contribution in [3.63, 3.8) is 0 Å². The van der Waals surface area contributed by atoms with Crippen LogP contribution < -0.4 is 0 Å². The first-order chi connectivity index (χ1) is 8.65. The van der Waals surface area contributed by atoms with Crippen LogP contribution in [0.25, 0.3) is 5.57 Å². The zero-order chi connectivity index (χ0) is 13.4. The van der Waals surface area contributed by atoms with Gasteiger partial charge in [-0.2, -0.15) is 0 Å². The van der Waals surface area contributed by atoms with Crippen molar-refractivity contribution in [3.05, 3.63) is 54.3 Å². The molecule has 0 bridgehead atoms. The zero-order valence-corrected chi connectivity index (χ0v) is 11.1. The van der Waals surface area contributed by atoms with Gasteiger partial charge in [-0.25, -0.2) is 4.79 Å². The van der Waals surface area contributed by atoms with Gasteiger partial charge in [0.05, 0.1) is 6.26 Å². The van der Waals surface area contributed by atoms with Crippen LogP contribution in [-0.4, -0.2) is 5.97 Å². The summed E-state index contributed by atoms with van der Waals surface area (Å²) in [5.41, 5.74) is 2.51. The van der Waals surface area contributed by atoms with Gasteiger partial charge in [-0.3, -0.25) is 0 Å². The van der Waals surface area contributed by atoms with E-state index >= 15 is 0 Å². The van der Waals surface area contributed by atoms with E-state index in [9.17, 15) is 4.79 Å². The summed E-state index contributed by atoms with van der Waals surface area (Å²) in [5.74, 6) is -0.335. The number of esters is 1. The van der Waals surface area contributed by atoms with Crippen molar-refractivity contribution in [2.75, 3.05) is 0 Å². The summed E-state index contributed by atoms with van der Waals surface area (Å²) in [6.45, 7) is 7.73. The van der Waals surface area contributed by atoms with E-state index in [2.05, 4.69) is 13.5 Å². The summed E-state index contributed by atoms with van der Waals surface area (Å²) < 4.78 is 5.12. The van der Waals surface area contributed by atoms with Gasteiger partial charge in [0, 0.05) is 5.57 Å². The van der Waals surface area contributed by atoms with E-state index in [4.69, 9.17) is 4.74 Å². The number of rotatable bonds is 6. The molecule has 0 atom stereocenters. The fourth-order valence-corrected chi connectivity index (χ4v) is 1.49. The van der Waals surface area contributed by atoms with E-state index in [1.807, 2.05) is 37.3 Å². The lowest BCUT2D eigenvalue weighted by molar-refractivity contribution is -0.133. The predicted molar refractivity (Wildman–Crippen MR) is 74.9 cm³/mol. The maximum atomic E-state index is 11.6. The minimum Gasteiger partial charge on any atom is -0.431 e. The molecule has 1 aromatic carbocycles. The van der Waals surface area contributed by atoms with Crippen molar-refractivity contribution in [2.24, 2.45) is 0 Å². The highest BCUT2D eigenvalue weighted by molar-refractivity contribution is 5.88. The summed E-state index contributed by atoms with van der Waals surface area (Å²) in [5, 5.41) is 0. The Hall–Kier alpha value is -1.83. The minimum atomic E-state index is -0.335. The molecule has 2 nitrogen and oxygen atoms in total. The number of benzene rings is 1. The molecule has 0 aliphatic rings. The molecule has 0 amide bonds. The highest BCUT2D eigenvalue weighted by Gasteiger charge is 2.06. The number of unbranched alkanes of at least 4 members (excludes halogenated alkanes) is 1. The molecule has 1 rings (SSSR count). The lowest BCUT2D eigenvalue weighted by atomic mass is 10.1. The van der Waals surface area contributed by atoms with Crippen molar-refractivity contribution in [3.8, 4) is 0 Å². The Labute approximate surface area is 109 Å². The summed E-state index contributed by atoms with van der Waals surface area (Å²) >= 11 is 0. The smallest absolute Gasteiger partial charge is 0.338 e. The molecule has 0 unspecified atom stereocenters. The zero-order valence-electron chi connectivity index (χ0n) is 11.1. The Morgan fingerprint density at radius 2 is 2.00 bits per heavy atom. The van der Waals surface area contributed by atoms with Crippen molar-refractivity contribution < 1.29 is 9.53 Å². The van der Waals surface area contributed by atoms with Crippen LogP contribution in [-0.2, 0) is 9.53 Å². The summed E-state index contributed by atoms with van der Waals surface area (Å²) in [7, 11) is 0. The molecule has 96 valence electrons. The van der Waals surface area contributed by atoms with E-state index in [1.165, 1.54) is 6.26 Å². The molecule has 0 saturated heterocycles. The molecular formula is C16H20O2.